The third kappa shape index (κ3) is 2.85. The van der Waals surface area contributed by atoms with Crippen molar-refractivity contribution in [3.8, 4) is 0 Å². The second-order valence-corrected chi connectivity index (χ2v) is 6.37. The van der Waals surface area contributed by atoms with Crippen LogP contribution in [0, 0.1) is 5.92 Å². The number of hydrogen-bond acceptors (Lipinski definition) is 2. The van der Waals surface area contributed by atoms with Crippen LogP contribution >= 0.6 is 0 Å². The monoisotopic (exact) mass is 292 g/mol. The van der Waals surface area contributed by atoms with Crippen LogP contribution < -0.4 is 5.32 Å². The number of nitrogens with zero attached hydrogens (tertiary/aromatic N) is 1. The highest BCUT2D eigenvalue weighted by molar-refractivity contribution is 6.00. The van der Waals surface area contributed by atoms with Crippen LogP contribution in [-0.4, -0.2) is 34.8 Å². The number of carbonyl (C=O) groups excluding carboxylic acids is 2. The van der Waals surface area contributed by atoms with E-state index < -0.39 is 5.54 Å². The van der Waals surface area contributed by atoms with Crippen molar-refractivity contribution in [2.75, 3.05) is 6.54 Å². The number of piperazine rings is 1. The lowest BCUT2D eigenvalue weighted by molar-refractivity contribution is -0.157. The van der Waals surface area contributed by atoms with Gasteiger partial charge in [0.2, 0.25) is 11.8 Å². The van der Waals surface area contributed by atoms with E-state index in [9.17, 15) is 9.59 Å². The Morgan fingerprint density at radius 1 is 1.24 bits per heavy atom. The molecule has 4 nitrogen and oxygen atoms in total. The number of rotatable bonds is 5. The molecule has 21 heavy (non-hydrogen) atoms. The Morgan fingerprint density at radius 2 is 1.86 bits per heavy atom. The standard InChI is InChI=1S/C17H28N2O2/c1-4-12-19-14(13-10-8-7-9-11-13)15(20)18-17(5-2,6-3)16(19)21/h4,13-14H,1,5-12H2,2-3H3,(H,18,20). The Bertz CT molecular complexity index is 409. The predicted octanol–water partition coefficient (Wildman–Crippen LogP) is 2.64. The summed E-state index contributed by atoms with van der Waals surface area (Å²) in [6.07, 6.45) is 8.68. The molecule has 1 heterocycles. The fourth-order valence-corrected chi connectivity index (χ4v) is 3.89. The van der Waals surface area contributed by atoms with Gasteiger partial charge in [-0.2, -0.15) is 0 Å². The second-order valence-electron chi connectivity index (χ2n) is 6.37. The van der Waals surface area contributed by atoms with Crippen molar-refractivity contribution in [1.29, 1.82) is 0 Å². The number of hydrogen-bond donors (Lipinski definition) is 1. The van der Waals surface area contributed by atoms with E-state index in [0.717, 1.165) is 25.7 Å². The Kier molecular flexibility index (Phi) is 5.07. The molecule has 4 heteroatoms. The van der Waals surface area contributed by atoms with Gasteiger partial charge in [-0.25, -0.2) is 0 Å². The Balaban J connectivity index is 2.30. The predicted molar refractivity (Wildman–Crippen MR) is 83.7 cm³/mol. The summed E-state index contributed by atoms with van der Waals surface area (Å²) in [7, 11) is 0. The summed E-state index contributed by atoms with van der Waals surface area (Å²) in [6, 6.07) is -0.304. The zero-order valence-electron chi connectivity index (χ0n) is 13.4. The quantitative estimate of drug-likeness (QED) is 0.792. The van der Waals surface area contributed by atoms with Gasteiger partial charge in [-0.05, 0) is 31.6 Å². The fourth-order valence-electron chi connectivity index (χ4n) is 3.89. The largest absolute Gasteiger partial charge is 0.340 e. The van der Waals surface area contributed by atoms with Crippen LogP contribution in [0.5, 0.6) is 0 Å². The summed E-state index contributed by atoms with van der Waals surface area (Å²) >= 11 is 0. The van der Waals surface area contributed by atoms with Gasteiger partial charge in [0.05, 0.1) is 0 Å². The first-order chi connectivity index (χ1) is 10.1. The minimum absolute atomic E-state index is 0.0343. The van der Waals surface area contributed by atoms with Gasteiger partial charge in [0.25, 0.3) is 0 Å². The van der Waals surface area contributed by atoms with E-state index in [-0.39, 0.29) is 17.9 Å². The summed E-state index contributed by atoms with van der Waals surface area (Å²) in [5, 5.41) is 3.05. The van der Waals surface area contributed by atoms with Crippen molar-refractivity contribution in [1.82, 2.24) is 10.2 Å². The maximum Gasteiger partial charge on any atom is 0.249 e. The van der Waals surface area contributed by atoms with E-state index in [1.165, 1.54) is 6.42 Å². The molecule has 1 aliphatic heterocycles. The number of amides is 2. The lowest BCUT2D eigenvalue weighted by atomic mass is 9.79. The van der Waals surface area contributed by atoms with Crippen molar-refractivity contribution >= 4 is 11.8 Å². The first-order valence-corrected chi connectivity index (χ1v) is 8.33. The molecule has 1 saturated carbocycles. The molecule has 0 aromatic rings. The average molecular weight is 292 g/mol. The molecule has 1 N–H and O–H groups in total. The van der Waals surface area contributed by atoms with E-state index in [0.29, 0.717) is 25.3 Å². The molecule has 2 rings (SSSR count). The van der Waals surface area contributed by atoms with Crippen LogP contribution in [0.15, 0.2) is 12.7 Å². The van der Waals surface area contributed by atoms with E-state index in [4.69, 9.17) is 0 Å². The van der Waals surface area contributed by atoms with Gasteiger partial charge in [-0.15, -0.1) is 6.58 Å². The van der Waals surface area contributed by atoms with Crippen molar-refractivity contribution in [3.05, 3.63) is 12.7 Å². The van der Waals surface area contributed by atoms with Crippen LogP contribution in [0.3, 0.4) is 0 Å². The molecule has 2 fully saturated rings. The van der Waals surface area contributed by atoms with Gasteiger partial charge in [0.1, 0.15) is 11.6 Å². The third-order valence-corrected chi connectivity index (χ3v) is 5.27. The van der Waals surface area contributed by atoms with Gasteiger partial charge in [-0.3, -0.25) is 9.59 Å². The average Bonchev–Trinajstić information content (AvgIpc) is 2.52. The summed E-state index contributed by atoms with van der Waals surface area (Å²) in [5.74, 6) is 0.406. The Hall–Kier alpha value is -1.32. The molecular weight excluding hydrogens is 264 g/mol. The van der Waals surface area contributed by atoms with Crippen LogP contribution in [-0.2, 0) is 9.59 Å². The summed E-state index contributed by atoms with van der Waals surface area (Å²) in [6.45, 7) is 8.17. The van der Waals surface area contributed by atoms with Crippen LogP contribution in [0.25, 0.3) is 0 Å². The lowest BCUT2D eigenvalue weighted by Gasteiger charge is -2.48. The van der Waals surface area contributed by atoms with Gasteiger partial charge < -0.3 is 10.2 Å². The van der Waals surface area contributed by atoms with Gasteiger partial charge in [-0.1, -0.05) is 39.2 Å². The van der Waals surface area contributed by atoms with Crippen molar-refractivity contribution in [3.63, 3.8) is 0 Å². The molecule has 0 aromatic carbocycles. The molecule has 0 spiro atoms. The first kappa shape index (κ1) is 16.1. The van der Waals surface area contributed by atoms with Crippen LogP contribution in [0.4, 0.5) is 0 Å². The highest BCUT2D eigenvalue weighted by atomic mass is 16.2. The SMILES string of the molecule is C=CCN1C(=O)C(CC)(CC)NC(=O)C1C1CCCCC1. The highest BCUT2D eigenvalue weighted by Gasteiger charge is 2.50. The molecule has 0 aromatic heterocycles. The summed E-state index contributed by atoms with van der Waals surface area (Å²) in [4.78, 5) is 27.5. The van der Waals surface area contributed by atoms with E-state index in [2.05, 4.69) is 11.9 Å². The highest BCUT2D eigenvalue weighted by Crippen LogP contribution is 2.34. The molecule has 118 valence electrons. The molecule has 1 unspecified atom stereocenters. The van der Waals surface area contributed by atoms with E-state index in [1.807, 2.05) is 13.8 Å². The lowest BCUT2D eigenvalue weighted by Crippen LogP contribution is -2.71. The summed E-state index contributed by atoms with van der Waals surface area (Å²) < 4.78 is 0. The van der Waals surface area contributed by atoms with Gasteiger partial charge in [0, 0.05) is 6.54 Å². The van der Waals surface area contributed by atoms with Gasteiger partial charge in [0.15, 0.2) is 0 Å². The third-order valence-electron chi connectivity index (χ3n) is 5.27. The maximum atomic E-state index is 13.0. The molecule has 2 aliphatic rings. The fraction of sp³-hybridized carbons (Fsp3) is 0.765. The zero-order chi connectivity index (χ0) is 15.5. The van der Waals surface area contributed by atoms with Crippen molar-refractivity contribution in [2.45, 2.75) is 70.4 Å². The first-order valence-electron chi connectivity index (χ1n) is 8.33. The molecule has 1 aliphatic carbocycles. The molecular formula is C17H28N2O2. The molecule has 2 amide bonds. The van der Waals surface area contributed by atoms with E-state index in [1.54, 1.807) is 11.0 Å². The molecule has 1 saturated heterocycles. The molecule has 1 atom stereocenters. The number of carbonyl (C=O) groups is 2. The zero-order valence-corrected chi connectivity index (χ0v) is 13.4. The van der Waals surface area contributed by atoms with Crippen molar-refractivity contribution in [2.24, 2.45) is 5.92 Å². The molecule has 0 bridgehead atoms. The smallest absolute Gasteiger partial charge is 0.249 e. The topological polar surface area (TPSA) is 49.4 Å². The van der Waals surface area contributed by atoms with Crippen LogP contribution in [0.1, 0.15) is 58.8 Å². The summed E-state index contributed by atoms with van der Waals surface area (Å²) in [5.41, 5.74) is -0.717. The van der Waals surface area contributed by atoms with Crippen molar-refractivity contribution < 1.29 is 9.59 Å². The minimum Gasteiger partial charge on any atom is -0.340 e. The maximum absolute atomic E-state index is 13.0. The van der Waals surface area contributed by atoms with Crippen LogP contribution in [0.2, 0.25) is 0 Å². The molecule has 0 radical (unpaired) electrons. The normalized spacial score (nSPS) is 26.6. The Morgan fingerprint density at radius 3 is 2.38 bits per heavy atom. The number of nitrogens with one attached hydrogen (secondary N) is 1. The Labute approximate surface area is 128 Å². The van der Waals surface area contributed by atoms with Gasteiger partial charge >= 0.3 is 0 Å². The van der Waals surface area contributed by atoms with E-state index >= 15 is 0 Å². The second kappa shape index (κ2) is 6.63. The minimum atomic E-state index is -0.717.